The van der Waals surface area contributed by atoms with E-state index in [-0.39, 0.29) is 24.9 Å². The number of rotatable bonds is 2. The van der Waals surface area contributed by atoms with Gasteiger partial charge in [-0.1, -0.05) is 0 Å². The number of nitrogens with one attached hydrogen (secondary N) is 3. The van der Waals surface area contributed by atoms with E-state index in [2.05, 4.69) is 16.2 Å². The van der Waals surface area contributed by atoms with Gasteiger partial charge in [0.05, 0.1) is 6.17 Å². The van der Waals surface area contributed by atoms with Crippen LogP contribution in [0.3, 0.4) is 0 Å². The molecule has 0 spiro atoms. The number of amides is 1. The van der Waals surface area contributed by atoms with Crippen molar-refractivity contribution in [3.63, 3.8) is 0 Å². The Labute approximate surface area is 104 Å². The highest BCUT2D eigenvalue weighted by molar-refractivity contribution is 5.95. The zero-order valence-corrected chi connectivity index (χ0v) is 9.60. The molecule has 2 aliphatic heterocycles. The Morgan fingerprint density at radius 1 is 1.33 bits per heavy atom. The molecule has 2 heterocycles. The summed E-state index contributed by atoms with van der Waals surface area (Å²) < 4.78 is 10.4. The van der Waals surface area contributed by atoms with Gasteiger partial charge in [-0.3, -0.25) is 4.79 Å². The average molecular weight is 250 g/mol. The van der Waals surface area contributed by atoms with Crippen molar-refractivity contribution in [2.75, 3.05) is 12.1 Å². The fourth-order valence-electron chi connectivity index (χ4n) is 1.96. The molecule has 96 valence electrons. The van der Waals surface area contributed by atoms with Gasteiger partial charge in [0.1, 0.15) is 6.04 Å². The van der Waals surface area contributed by atoms with E-state index in [1.54, 1.807) is 18.2 Å². The number of benzene rings is 1. The molecule has 7 heteroatoms. The number of anilines is 1. The number of hydrogen-bond acceptors (Lipinski definition) is 6. The van der Waals surface area contributed by atoms with Crippen LogP contribution in [0.25, 0.3) is 0 Å². The van der Waals surface area contributed by atoms with Gasteiger partial charge in [-0.2, -0.15) is 0 Å². The quantitative estimate of drug-likeness (QED) is 0.565. The van der Waals surface area contributed by atoms with E-state index in [0.29, 0.717) is 23.6 Å². The minimum absolute atomic E-state index is 0.130. The molecule has 0 bridgehead atoms. The van der Waals surface area contributed by atoms with Crippen LogP contribution in [0.5, 0.6) is 11.5 Å². The van der Waals surface area contributed by atoms with Gasteiger partial charge in [-0.15, -0.1) is 0 Å². The molecule has 1 fully saturated rings. The van der Waals surface area contributed by atoms with Gasteiger partial charge in [-0.25, -0.2) is 10.9 Å². The van der Waals surface area contributed by atoms with E-state index in [4.69, 9.17) is 15.2 Å². The van der Waals surface area contributed by atoms with Crippen LogP contribution in [0.1, 0.15) is 6.42 Å². The van der Waals surface area contributed by atoms with Gasteiger partial charge in [0, 0.05) is 18.2 Å². The summed E-state index contributed by atoms with van der Waals surface area (Å²) in [4.78, 5) is 11.9. The lowest BCUT2D eigenvalue weighted by Crippen LogP contribution is -2.41. The molecular formula is C11H14N4O3. The molecule has 1 aromatic carbocycles. The summed E-state index contributed by atoms with van der Waals surface area (Å²) in [6.45, 7) is 0.218. The highest BCUT2D eigenvalue weighted by Gasteiger charge is 2.27. The molecule has 2 aliphatic rings. The summed E-state index contributed by atoms with van der Waals surface area (Å²) in [6.07, 6.45) is 0.355. The lowest BCUT2D eigenvalue weighted by molar-refractivity contribution is -0.117. The molecule has 5 N–H and O–H groups in total. The van der Waals surface area contributed by atoms with E-state index < -0.39 is 0 Å². The van der Waals surface area contributed by atoms with E-state index in [9.17, 15) is 4.79 Å². The minimum atomic E-state index is -0.328. The Morgan fingerprint density at radius 3 is 2.94 bits per heavy atom. The predicted molar refractivity (Wildman–Crippen MR) is 63.8 cm³/mol. The molecule has 0 aliphatic carbocycles. The first-order chi connectivity index (χ1) is 8.72. The van der Waals surface area contributed by atoms with Crippen molar-refractivity contribution in [2.45, 2.75) is 18.6 Å². The summed E-state index contributed by atoms with van der Waals surface area (Å²) in [5.41, 5.74) is 11.9. The predicted octanol–water partition coefficient (Wildman–Crippen LogP) is -0.495. The van der Waals surface area contributed by atoms with Crippen molar-refractivity contribution in [1.29, 1.82) is 0 Å². The number of nitrogens with two attached hydrogens (primary N) is 1. The summed E-state index contributed by atoms with van der Waals surface area (Å²) in [6, 6.07) is 4.95. The van der Waals surface area contributed by atoms with Gasteiger partial charge in [0.2, 0.25) is 12.7 Å². The second-order valence-corrected chi connectivity index (χ2v) is 4.24. The van der Waals surface area contributed by atoms with Gasteiger partial charge in [0.15, 0.2) is 11.5 Å². The number of carbonyl (C=O) groups is 1. The molecule has 7 nitrogen and oxygen atoms in total. The average Bonchev–Trinajstić information content (AvgIpc) is 2.96. The van der Waals surface area contributed by atoms with Crippen LogP contribution in [0, 0.1) is 0 Å². The summed E-state index contributed by atoms with van der Waals surface area (Å²) in [5.74, 6) is 1.20. The lowest BCUT2D eigenvalue weighted by Gasteiger charge is -2.10. The Hall–Kier alpha value is -1.83. The third-order valence-corrected chi connectivity index (χ3v) is 2.89. The summed E-state index contributed by atoms with van der Waals surface area (Å²) in [7, 11) is 0. The fraction of sp³-hybridized carbons (Fsp3) is 0.364. The van der Waals surface area contributed by atoms with Crippen molar-refractivity contribution in [1.82, 2.24) is 10.9 Å². The highest BCUT2D eigenvalue weighted by atomic mass is 16.7. The van der Waals surface area contributed by atoms with Crippen LogP contribution in [0.15, 0.2) is 18.2 Å². The number of hydrogen-bond donors (Lipinski definition) is 4. The maximum absolute atomic E-state index is 11.9. The first kappa shape index (κ1) is 11.3. The Bertz CT molecular complexity index is 479. The van der Waals surface area contributed by atoms with Crippen molar-refractivity contribution >= 4 is 11.6 Å². The zero-order valence-electron chi connectivity index (χ0n) is 9.60. The highest BCUT2D eigenvalue weighted by Crippen LogP contribution is 2.34. The zero-order chi connectivity index (χ0) is 12.5. The van der Waals surface area contributed by atoms with Crippen molar-refractivity contribution in [3.05, 3.63) is 18.2 Å². The van der Waals surface area contributed by atoms with E-state index in [1.807, 2.05) is 0 Å². The molecule has 1 saturated heterocycles. The molecule has 18 heavy (non-hydrogen) atoms. The molecule has 2 unspecified atom stereocenters. The molecule has 0 aromatic heterocycles. The number of carbonyl (C=O) groups excluding carboxylic acids is 1. The molecule has 0 saturated carbocycles. The fourth-order valence-corrected chi connectivity index (χ4v) is 1.96. The number of fused-ring (bicyclic) bond motifs is 1. The Kier molecular flexibility index (Phi) is 2.78. The maximum Gasteiger partial charge on any atom is 0.242 e. The van der Waals surface area contributed by atoms with Gasteiger partial charge in [0.25, 0.3) is 0 Å². The van der Waals surface area contributed by atoms with E-state index >= 15 is 0 Å². The standard InChI is InChI=1S/C11H14N4O3/c12-10-4-7(14-15-10)11(16)13-6-1-2-8-9(3-6)18-5-17-8/h1-3,7,10,14-15H,4-5,12H2,(H,13,16). The molecular weight excluding hydrogens is 236 g/mol. The second kappa shape index (κ2) is 4.45. The van der Waals surface area contributed by atoms with Crippen LogP contribution < -0.4 is 31.4 Å². The number of hydrazine groups is 1. The Balaban J connectivity index is 1.67. The second-order valence-electron chi connectivity index (χ2n) is 4.24. The molecule has 2 atom stereocenters. The first-order valence-electron chi connectivity index (χ1n) is 5.69. The minimum Gasteiger partial charge on any atom is -0.454 e. The van der Waals surface area contributed by atoms with Crippen LogP contribution in [-0.2, 0) is 4.79 Å². The largest absolute Gasteiger partial charge is 0.454 e. The smallest absolute Gasteiger partial charge is 0.242 e. The van der Waals surface area contributed by atoms with Crippen molar-refractivity contribution < 1.29 is 14.3 Å². The lowest BCUT2D eigenvalue weighted by atomic mass is 10.2. The van der Waals surface area contributed by atoms with Crippen molar-refractivity contribution in [3.8, 4) is 11.5 Å². The third kappa shape index (κ3) is 2.10. The summed E-state index contributed by atoms with van der Waals surface area (Å²) in [5, 5.41) is 2.80. The SMILES string of the molecule is NC1CC(C(=O)Nc2ccc3c(c2)OCO3)NN1. The normalized spacial score (nSPS) is 25.2. The molecule has 0 radical (unpaired) electrons. The van der Waals surface area contributed by atoms with Gasteiger partial charge < -0.3 is 20.5 Å². The number of ether oxygens (including phenoxy) is 2. The van der Waals surface area contributed by atoms with E-state index in [0.717, 1.165) is 0 Å². The molecule has 1 amide bonds. The summed E-state index contributed by atoms with van der Waals surface area (Å²) >= 11 is 0. The van der Waals surface area contributed by atoms with Crippen LogP contribution in [0.2, 0.25) is 0 Å². The third-order valence-electron chi connectivity index (χ3n) is 2.89. The first-order valence-corrected chi connectivity index (χ1v) is 5.69. The maximum atomic E-state index is 11.9. The Morgan fingerprint density at radius 2 is 2.17 bits per heavy atom. The van der Waals surface area contributed by atoms with Crippen molar-refractivity contribution in [2.24, 2.45) is 5.73 Å². The molecule has 3 rings (SSSR count). The van der Waals surface area contributed by atoms with Crippen LogP contribution in [0.4, 0.5) is 5.69 Å². The molecule has 1 aromatic rings. The van der Waals surface area contributed by atoms with Gasteiger partial charge in [-0.05, 0) is 12.1 Å². The van der Waals surface area contributed by atoms with Crippen LogP contribution in [-0.4, -0.2) is 24.9 Å². The van der Waals surface area contributed by atoms with Crippen LogP contribution >= 0.6 is 0 Å². The monoisotopic (exact) mass is 250 g/mol. The van der Waals surface area contributed by atoms with E-state index in [1.165, 1.54) is 0 Å². The topological polar surface area (TPSA) is 97.6 Å². The van der Waals surface area contributed by atoms with Gasteiger partial charge >= 0.3 is 0 Å².